The fourth-order valence-electron chi connectivity index (χ4n) is 2.18. The van der Waals surface area contributed by atoms with Gasteiger partial charge in [-0.15, -0.1) is 0 Å². The van der Waals surface area contributed by atoms with Gasteiger partial charge in [-0.2, -0.15) is 0 Å². The van der Waals surface area contributed by atoms with Gasteiger partial charge in [-0.05, 0) is 45.4 Å². The van der Waals surface area contributed by atoms with Crippen molar-refractivity contribution in [1.82, 2.24) is 15.1 Å². The van der Waals surface area contributed by atoms with Crippen molar-refractivity contribution in [2.45, 2.75) is 6.42 Å². The molecule has 0 bridgehead atoms. The highest BCUT2D eigenvalue weighted by molar-refractivity contribution is 5.89. The summed E-state index contributed by atoms with van der Waals surface area (Å²) in [7, 11) is 9.93. The first-order chi connectivity index (χ1) is 12.3. The number of carbonyl (C=O) groups is 2. The third-order valence-corrected chi connectivity index (χ3v) is 3.93. The predicted octanol–water partition coefficient (Wildman–Crippen LogP) is 0.909. The van der Waals surface area contributed by atoms with E-state index >= 15 is 0 Å². The Labute approximate surface area is 156 Å². The molecule has 0 spiro atoms. The average molecular weight is 364 g/mol. The second-order valence-corrected chi connectivity index (χ2v) is 6.78. The molecule has 1 rings (SSSR count). The standard InChI is InChI=1S/C19H32N4O3/c1-21(2)13-14-23(5)12-10-18(24)20-11-15-26-19(25)16-6-8-17(9-7-16)22(3)4/h6-9H,10-15H2,1-5H3,(H,20,24). The van der Waals surface area contributed by atoms with Gasteiger partial charge < -0.3 is 24.8 Å². The molecule has 1 aromatic carbocycles. The molecule has 0 saturated carbocycles. The molecular formula is C19H32N4O3. The number of nitrogens with one attached hydrogen (secondary N) is 1. The molecular weight excluding hydrogens is 332 g/mol. The SMILES string of the molecule is CN(C)CCN(C)CCC(=O)NCCOC(=O)c1ccc(N(C)C)cc1. The van der Waals surface area contributed by atoms with E-state index in [0.717, 1.165) is 18.8 Å². The number of esters is 1. The van der Waals surface area contributed by atoms with Gasteiger partial charge >= 0.3 is 5.97 Å². The molecule has 0 atom stereocenters. The number of hydrogen-bond acceptors (Lipinski definition) is 6. The summed E-state index contributed by atoms with van der Waals surface area (Å²) >= 11 is 0. The number of likely N-dealkylation sites (N-methyl/N-ethyl adjacent to an activating group) is 2. The van der Waals surface area contributed by atoms with E-state index in [2.05, 4.69) is 15.1 Å². The highest BCUT2D eigenvalue weighted by Gasteiger charge is 2.08. The van der Waals surface area contributed by atoms with Crippen molar-refractivity contribution in [2.75, 3.05) is 72.9 Å². The number of ether oxygens (including phenoxy) is 1. The molecule has 0 radical (unpaired) electrons. The molecule has 1 amide bonds. The van der Waals surface area contributed by atoms with E-state index in [0.29, 0.717) is 25.1 Å². The normalized spacial score (nSPS) is 10.9. The van der Waals surface area contributed by atoms with Crippen molar-refractivity contribution in [1.29, 1.82) is 0 Å². The zero-order valence-electron chi connectivity index (χ0n) is 16.6. The lowest BCUT2D eigenvalue weighted by atomic mass is 10.2. The Morgan fingerprint density at radius 2 is 1.62 bits per heavy atom. The van der Waals surface area contributed by atoms with Crippen LogP contribution in [0.25, 0.3) is 0 Å². The molecule has 0 unspecified atom stereocenters. The maximum absolute atomic E-state index is 12.0. The van der Waals surface area contributed by atoms with Crippen LogP contribution in [0.5, 0.6) is 0 Å². The zero-order chi connectivity index (χ0) is 19.5. The lowest BCUT2D eigenvalue weighted by Crippen LogP contribution is -2.34. The molecule has 0 aliphatic rings. The predicted molar refractivity (Wildman–Crippen MR) is 105 cm³/mol. The lowest BCUT2D eigenvalue weighted by Gasteiger charge is -2.18. The molecule has 26 heavy (non-hydrogen) atoms. The van der Waals surface area contributed by atoms with E-state index in [1.807, 2.05) is 52.3 Å². The fourth-order valence-corrected chi connectivity index (χ4v) is 2.18. The molecule has 7 heteroatoms. The lowest BCUT2D eigenvalue weighted by molar-refractivity contribution is -0.121. The quantitative estimate of drug-likeness (QED) is 0.465. The molecule has 0 saturated heterocycles. The van der Waals surface area contributed by atoms with E-state index < -0.39 is 0 Å². The third kappa shape index (κ3) is 8.82. The number of nitrogens with zero attached hydrogens (tertiary/aromatic N) is 3. The first-order valence-corrected chi connectivity index (χ1v) is 8.84. The number of benzene rings is 1. The molecule has 0 fully saturated rings. The summed E-state index contributed by atoms with van der Waals surface area (Å²) in [5.74, 6) is -0.416. The smallest absolute Gasteiger partial charge is 0.338 e. The molecule has 1 N–H and O–H groups in total. The Morgan fingerprint density at radius 1 is 0.962 bits per heavy atom. The van der Waals surface area contributed by atoms with Crippen LogP contribution in [0.15, 0.2) is 24.3 Å². The molecule has 146 valence electrons. The van der Waals surface area contributed by atoms with Gasteiger partial charge in [-0.1, -0.05) is 0 Å². The second-order valence-electron chi connectivity index (χ2n) is 6.78. The topological polar surface area (TPSA) is 65.1 Å². The van der Waals surface area contributed by atoms with Gasteiger partial charge in [0.1, 0.15) is 6.61 Å². The first-order valence-electron chi connectivity index (χ1n) is 8.84. The van der Waals surface area contributed by atoms with Gasteiger partial charge in [-0.3, -0.25) is 4.79 Å². The Hall–Kier alpha value is -2.12. The number of carbonyl (C=O) groups excluding carboxylic acids is 2. The Kier molecular flexibility index (Phi) is 9.69. The van der Waals surface area contributed by atoms with Gasteiger partial charge in [0.25, 0.3) is 0 Å². The molecule has 0 aliphatic carbocycles. The van der Waals surface area contributed by atoms with Gasteiger partial charge in [-0.25, -0.2) is 4.79 Å². The largest absolute Gasteiger partial charge is 0.460 e. The van der Waals surface area contributed by atoms with Crippen LogP contribution in [0.2, 0.25) is 0 Å². The first kappa shape index (κ1) is 21.9. The maximum Gasteiger partial charge on any atom is 0.338 e. The van der Waals surface area contributed by atoms with Crippen LogP contribution >= 0.6 is 0 Å². The van der Waals surface area contributed by atoms with Gasteiger partial charge in [0.15, 0.2) is 0 Å². The monoisotopic (exact) mass is 364 g/mol. The van der Waals surface area contributed by atoms with Crippen molar-refractivity contribution in [2.24, 2.45) is 0 Å². The van der Waals surface area contributed by atoms with Gasteiger partial charge in [0.2, 0.25) is 5.91 Å². The summed E-state index contributed by atoms with van der Waals surface area (Å²) in [5.41, 5.74) is 1.52. The highest BCUT2D eigenvalue weighted by atomic mass is 16.5. The van der Waals surface area contributed by atoms with Crippen LogP contribution in [-0.4, -0.2) is 89.7 Å². The number of anilines is 1. The van der Waals surface area contributed by atoms with E-state index in [-0.39, 0.29) is 18.5 Å². The third-order valence-electron chi connectivity index (χ3n) is 3.93. The summed E-state index contributed by atoms with van der Waals surface area (Å²) in [6.07, 6.45) is 0.434. The van der Waals surface area contributed by atoms with E-state index in [4.69, 9.17) is 4.74 Å². The number of hydrogen-bond donors (Lipinski definition) is 1. The van der Waals surface area contributed by atoms with Crippen molar-refractivity contribution in [3.63, 3.8) is 0 Å². The summed E-state index contributed by atoms with van der Waals surface area (Å²) < 4.78 is 5.19. The Morgan fingerprint density at radius 3 is 2.19 bits per heavy atom. The van der Waals surface area contributed by atoms with Gasteiger partial charge in [0.05, 0.1) is 12.1 Å². The molecule has 1 aromatic rings. The van der Waals surface area contributed by atoms with Crippen LogP contribution in [0.3, 0.4) is 0 Å². The van der Waals surface area contributed by atoms with Crippen LogP contribution < -0.4 is 10.2 Å². The minimum Gasteiger partial charge on any atom is -0.460 e. The minimum atomic E-state index is -0.382. The van der Waals surface area contributed by atoms with Gasteiger partial charge in [0, 0.05) is 45.8 Å². The summed E-state index contributed by atoms with van der Waals surface area (Å²) in [6.45, 7) is 3.07. The molecule has 7 nitrogen and oxygen atoms in total. The minimum absolute atomic E-state index is 0.0342. The molecule has 0 aliphatic heterocycles. The summed E-state index contributed by atoms with van der Waals surface area (Å²) in [6, 6.07) is 7.20. The van der Waals surface area contributed by atoms with E-state index in [1.165, 1.54) is 0 Å². The molecule has 0 heterocycles. The van der Waals surface area contributed by atoms with Crippen LogP contribution in [-0.2, 0) is 9.53 Å². The highest BCUT2D eigenvalue weighted by Crippen LogP contribution is 2.12. The Bertz CT molecular complexity index is 558. The number of amides is 1. The van der Waals surface area contributed by atoms with Crippen molar-refractivity contribution < 1.29 is 14.3 Å². The van der Waals surface area contributed by atoms with Crippen molar-refractivity contribution in [3.05, 3.63) is 29.8 Å². The average Bonchev–Trinajstić information content (AvgIpc) is 2.61. The zero-order valence-corrected chi connectivity index (χ0v) is 16.6. The van der Waals surface area contributed by atoms with Crippen LogP contribution in [0.1, 0.15) is 16.8 Å². The van der Waals surface area contributed by atoms with Crippen molar-refractivity contribution in [3.8, 4) is 0 Å². The summed E-state index contributed by atoms with van der Waals surface area (Å²) in [5, 5.41) is 2.77. The maximum atomic E-state index is 12.0. The molecule has 0 aromatic heterocycles. The van der Waals surface area contributed by atoms with Crippen LogP contribution in [0, 0.1) is 0 Å². The Balaban J connectivity index is 2.19. The fraction of sp³-hybridized carbons (Fsp3) is 0.579. The van der Waals surface area contributed by atoms with Crippen LogP contribution in [0.4, 0.5) is 5.69 Å². The van der Waals surface area contributed by atoms with E-state index in [1.54, 1.807) is 12.1 Å². The number of rotatable bonds is 11. The summed E-state index contributed by atoms with van der Waals surface area (Å²) in [4.78, 5) is 30.0. The second kappa shape index (κ2) is 11.5. The van der Waals surface area contributed by atoms with Crippen molar-refractivity contribution >= 4 is 17.6 Å². The van der Waals surface area contributed by atoms with E-state index in [9.17, 15) is 9.59 Å².